The van der Waals surface area contributed by atoms with E-state index < -0.39 is 0 Å². The van der Waals surface area contributed by atoms with Gasteiger partial charge in [0.1, 0.15) is 0 Å². The number of nitrogens with zero attached hydrogens (tertiary/aromatic N) is 1. The molecule has 3 heteroatoms. The average molecular weight is 309 g/mol. The van der Waals surface area contributed by atoms with Crippen LogP contribution in [0.2, 0.25) is 5.02 Å². The van der Waals surface area contributed by atoms with Crippen molar-refractivity contribution in [2.24, 2.45) is 0 Å². The third-order valence-electron chi connectivity index (χ3n) is 4.84. The number of halogens is 1. The summed E-state index contributed by atoms with van der Waals surface area (Å²) in [6.07, 6.45) is 9.56. The molecule has 1 atom stereocenters. The lowest BCUT2D eigenvalue weighted by atomic mass is 10.0. The van der Waals surface area contributed by atoms with E-state index in [-0.39, 0.29) is 0 Å². The fourth-order valence-electron chi connectivity index (χ4n) is 3.39. The highest BCUT2D eigenvalue weighted by molar-refractivity contribution is 6.30. The SMILES string of the molecule is CNC(CCN(C)C1CCCCCC1)c1ccc(Cl)cc1. The van der Waals surface area contributed by atoms with Gasteiger partial charge in [-0.3, -0.25) is 0 Å². The summed E-state index contributed by atoms with van der Waals surface area (Å²) in [6.45, 7) is 1.15. The second-order valence-electron chi connectivity index (χ2n) is 6.31. The zero-order valence-corrected chi connectivity index (χ0v) is 14.2. The largest absolute Gasteiger partial charge is 0.313 e. The average Bonchev–Trinajstić information content (AvgIpc) is 2.78. The van der Waals surface area contributed by atoms with Gasteiger partial charge in [-0.2, -0.15) is 0 Å². The van der Waals surface area contributed by atoms with E-state index in [1.165, 1.54) is 44.1 Å². The summed E-state index contributed by atoms with van der Waals surface area (Å²) in [4.78, 5) is 2.57. The number of hydrogen-bond donors (Lipinski definition) is 1. The van der Waals surface area contributed by atoms with Crippen molar-refractivity contribution >= 4 is 11.6 Å². The minimum atomic E-state index is 0.412. The highest BCUT2D eigenvalue weighted by Crippen LogP contribution is 2.23. The molecule has 0 spiro atoms. The van der Waals surface area contributed by atoms with Crippen LogP contribution in [0, 0.1) is 0 Å². The van der Waals surface area contributed by atoms with Gasteiger partial charge in [-0.1, -0.05) is 49.4 Å². The van der Waals surface area contributed by atoms with E-state index in [1.807, 2.05) is 19.2 Å². The standard InChI is InChI=1S/C18H29ClN2/c1-20-18(15-9-11-16(19)12-10-15)13-14-21(2)17-7-5-3-4-6-8-17/h9-12,17-18,20H,3-8,13-14H2,1-2H3. The Bertz CT molecular complexity index is 396. The van der Waals surface area contributed by atoms with E-state index in [9.17, 15) is 0 Å². The van der Waals surface area contributed by atoms with Crippen LogP contribution in [0.15, 0.2) is 24.3 Å². The lowest BCUT2D eigenvalue weighted by Gasteiger charge is -2.29. The first-order chi connectivity index (χ1) is 10.2. The molecule has 0 amide bonds. The second kappa shape index (κ2) is 8.77. The molecule has 118 valence electrons. The van der Waals surface area contributed by atoms with Crippen LogP contribution in [0.1, 0.15) is 56.6 Å². The Morgan fingerprint density at radius 3 is 2.33 bits per heavy atom. The molecule has 1 aromatic carbocycles. The van der Waals surface area contributed by atoms with E-state index in [1.54, 1.807) is 0 Å². The summed E-state index contributed by atoms with van der Waals surface area (Å²) in [5.41, 5.74) is 1.33. The molecule has 1 N–H and O–H groups in total. The Hall–Kier alpha value is -0.570. The molecule has 2 rings (SSSR count). The van der Waals surface area contributed by atoms with Crippen LogP contribution in [0.25, 0.3) is 0 Å². The van der Waals surface area contributed by atoms with Crippen LogP contribution in [0.5, 0.6) is 0 Å². The molecule has 0 aromatic heterocycles. The fourth-order valence-corrected chi connectivity index (χ4v) is 3.51. The quantitative estimate of drug-likeness (QED) is 0.770. The van der Waals surface area contributed by atoms with Crippen molar-refractivity contribution in [3.63, 3.8) is 0 Å². The molecule has 0 saturated heterocycles. The molecule has 1 aromatic rings. The Kier molecular flexibility index (Phi) is 7.01. The van der Waals surface area contributed by atoms with Gasteiger partial charge in [0.15, 0.2) is 0 Å². The normalized spacial score (nSPS) is 18.7. The summed E-state index contributed by atoms with van der Waals surface area (Å²) < 4.78 is 0. The van der Waals surface area contributed by atoms with E-state index in [0.29, 0.717) is 6.04 Å². The van der Waals surface area contributed by atoms with E-state index in [0.717, 1.165) is 24.0 Å². The first-order valence-corrected chi connectivity index (χ1v) is 8.71. The Morgan fingerprint density at radius 1 is 1.14 bits per heavy atom. The van der Waals surface area contributed by atoms with Gasteiger partial charge in [0, 0.05) is 17.1 Å². The number of nitrogens with one attached hydrogen (secondary N) is 1. The van der Waals surface area contributed by atoms with Gasteiger partial charge in [-0.25, -0.2) is 0 Å². The zero-order chi connectivity index (χ0) is 15.1. The van der Waals surface area contributed by atoms with Gasteiger partial charge < -0.3 is 10.2 Å². The number of benzene rings is 1. The molecular weight excluding hydrogens is 280 g/mol. The predicted molar refractivity (Wildman–Crippen MR) is 92.0 cm³/mol. The Balaban J connectivity index is 1.85. The van der Waals surface area contributed by atoms with Gasteiger partial charge >= 0.3 is 0 Å². The minimum absolute atomic E-state index is 0.412. The highest BCUT2D eigenvalue weighted by Gasteiger charge is 2.18. The maximum atomic E-state index is 5.98. The van der Waals surface area contributed by atoms with E-state index >= 15 is 0 Å². The molecule has 0 aliphatic heterocycles. The van der Waals surface area contributed by atoms with E-state index in [4.69, 9.17) is 11.6 Å². The summed E-state index contributed by atoms with van der Waals surface area (Å²) in [7, 11) is 4.34. The van der Waals surface area contributed by atoms with Crippen LogP contribution >= 0.6 is 11.6 Å². The molecular formula is C18H29ClN2. The van der Waals surface area contributed by atoms with Gasteiger partial charge in [-0.05, 0) is 57.6 Å². The Morgan fingerprint density at radius 2 is 1.76 bits per heavy atom. The summed E-state index contributed by atoms with van der Waals surface area (Å²) in [5.74, 6) is 0. The van der Waals surface area contributed by atoms with Crippen LogP contribution in [-0.4, -0.2) is 31.6 Å². The molecule has 1 unspecified atom stereocenters. The lowest BCUT2D eigenvalue weighted by Crippen LogP contribution is -2.34. The molecule has 0 bridgehead atoms. The predicted octanol–water partition coefficient (Wildman–Crippen LogP) is 4.65. The first-order valence-electron chi connectivity index (χ1n) is 8.33. The molecule has 1 aliphatic rings. The monoisotopic (exact) mass is 308 g/mol. The van der Waals surface area contributed by atoms with Gasteiger partial charge in [0.05, 0.1) is 0 Å². The smallest absolute Gasteiger partial charge is 0.0406 e. The van der Waals surface area contributed by atoms with Crippen molar-refractivity contribution in [1.82, 2.24) is 10.2 Å². The third-order valence-corrected chi connectivity index (χ3v) is 5.09. The lowest BCUT2D eigenvalue weighted by molar-refractivity contribution is 0.211. The molecule has 1 fully saturated rings. The molecule has 0 radical (unpaired) electrons. The van der Waals surface area contributed by atoms with Crippen molar-refractivity contribution in [3.8, 4) is 0 Å². The third kappa shape index (κ3) is 5.28. The van der Waals surface area contributed by atoms with Crippen LogP contribution in [0.4, 0.5) is 0 Å². The molecule has 1 aliphatic carbocycles. The molecule has 21 heavy (non-hydrogen) atoms. The van der Waals surface area contributed by atoms with Crippen LogP contribution < -0.4 is 5.32 Å². The number of hydrogen-bond acceptors (Lipinski definition) is 2. The van der Waals surface area contributed by atoms with Gasteiger partial charge in [-0.15, -0.1) is 0 Å². The zero-order valence-electron chi connectivity index (χ0n) is 13.4. The van der Waals surface area contributed by atoms with Crippen LogP contribution in [0.3, 0.4) is 0 Å². The summed E-state index contributed by atoms with van der Waals surface area (Å²) in [5, 5.41) is 4.25. The fraction of sp³-hybridized carbons (Fsp3) is 0.667. The van der Waals surface area contributed by atoms with E-state index in [2.05, 4.69) is 29.4 Å². The maximum Gasteiger partial charge on any atom is 0.0406 e. The van der Waals surface area contributed by atoms with Crippen molar-refractivity contribution in [2.45, 2.75) is 57.0 Å². The van der Waals surface area contributed by atoms with Crippen molar-refractivity contribution in [1.29, 1.82) is 0 Å². The van der Waals surface area contributed by atoms with Crippen molar-refractivity contribution < 1.29 is 0 Å². The van der Waals surface area contributed by atoms with Crippen LogP contribution in [-0.2, 0) is 0 Å². The maximum absolute atomic E-state index is 5.98. The molecule has 0 heterocycles. The Labute approximate surface area is 134 Å². The molecule has 2 nitrogen and oxygen atoms in total. The topological polar surface area (TPSA) is 15.3 Å². The highest BCUT2D eigenvalue weighted by atomic mass is 35.5. The summed E-state index contributed by atoms with van der Waals surface area (Å²) in [6, 6.07) is 9.43. The van der Waals surface area contributed by atoms with Gasteiger partial charge in [0.2, 0.25) is 0 Å². The number of rotatable bonds is 6. The molecule has 1 saturated carbocycles. The second-order valence-corrected chi connectivity index (χ2v) is 6.74. The van der Waals surface area contributed by atoms with Crippen molar-refractivity contribution in [2.75, 3.05) is 20.6 Å². The summed E-state index contributed by atoms with van der Waals surface area (Å²) >= 11 is 5.98. The van der Waals surface area contributed by atoms with Gasteiger partial charge in [0.25, 0.3) is 0 Å². The first kappa shape index (κ1) is 16.8. The van der Waals surface area contributed by atoms with Crippen molar-refractivity contribution in [3.05, 3.63) is 34.9 Å². The minimum Gasteiger partial charge on any atom is -0.313 e.